The third kappa shape index (κ3) is 6.71. The van der Waals surface area contributed by atoms with Gasteiger partial charge in [0.25, 0.3) is 5.91 Å². The van der Waals surface area contributed by atoms with E-state index in [1.54, 1.807) is 43.3 Å². The summed E-state index contributed by atoms with van der Waals surface area (Å²) in [6.45, 7) is 5.05. The Labute approximate surface area is 189 Å². The highest BCUT2D eigenvalue weighted by atomic mass is 79.9. The lowest BCUT2D eigenvalue weighted by molar-refractivity contribution is -0.142. The molecule has 162 valence electrons. The Morgan fingerprint density at radius 3 is 2.57 bits per heavy atom. The first-order valence-electron chi connectivity index (χ1n) is 9.64. The molecule has 2 atom stereocenters. The number of nitrogens with one attached hydrogen (secondary N) is 1. The molecule has 0 aliphatic carbocycles. The van der Waals surface area contributed by atoms with Gasteiger partial charge in [-0.25, -0.2) is 4.39 Å². The highest BCUT2D eigenvalue weighted by Gasteiger charge is 2.28. The molecule has 30 heavy (non-hydrogen) atoms. The molecule has 0 aliphatic heterocycles. The van der Waals surface area contributed by atoms with E-state index >= 15 is 0 Å². The van der Waals surface area contributed by atoms with E-state index in [4.69, 9.17) is 16.3 Å². The molecule has 0 unspecified atom stereocenters. The number of nitrogens with zero attached hydrogens (tertiary/aromatic N) is 1. The molecule has 0 spiro atoms. The summed E-state index contributed by atoms with van der Waals surface area (Å²) < 4.78 is 20.5. The van der Waals surface area contributed by atoms with E-state index in [1.807, 2.05) is 13.8 Å². The summed E-state index contributed by atoms with van der Waals surface area (Å²) in [6, 6.07) is 10.3. The molecule has 0 fully saturated rings. The molecule has 5 nitrogen and oxygen atoms in total. The first kappa shape index (κ1) is 24.2. The van der Waals surface area contributed by atoms with E-state index in [2.05, 4.69) is 21.2 Å². The van der Waals surface area contributed by atoms with Crippen LogP contribution in [-0.4, -0.2) is 35.4 Å². The predicted molar refractivity (Wildman–Crippen MR) is 119 cm³/mol. The number of amides is 2. The van der Waals surface area contributed by atoms with Crippen LogP contribution in [0.4, 0.5) is 4.39 Å². The first-order chi connectivity index (χ1) is 14.2. The van der Waals surface area contributed by atoms with Gasteiger partial charge in [0.05, 0.1) is 5.02 Å². The zero-order chi connectivity index (χ0) is 22.3. The summed E-state index contributed by atoms with van der Waals surface area (Å²) in [6.07, 6.45) is 0.755. The number of hydrogen-bond donors (Lipinski definition) is 1. The fourth-order valence-electron chi connectivity index (χ4n) is 2.67. The van der Waals surface area contributed by atoms with Crippen molar-refractivity contribution in [1.29, 1.82) is 0 Å². The molecule has 2 rings (SSSR count). The van der Waals surface area contributed by atoms with Crippen molar-refractivity contribution in [2.45, 2.75) is 45.8 Å². The van der Waals surface area contributed by atoms with Crippen LogP contribution in [0.2, 0.25) is 5.02 Å². The average Bonchev–Trinajstić information content (AvgIpc) is 2.71. The smallest absolute Gasteiger partial charge is 0.261 e. The van der Waals surface area contributed by atoms with E-state index in [0.717, 1.165) is 10.9 Å². The van der Waals surface area contributed by atoms with Crippen LogP contribution in [0.25, 0.3) is 0 Å². The third-order valence-electron chi connectivity index (χ3n) is 4.71. The number of carbonyl (C=O) groups excluding carboxylic acids is 2. The zero-order valence-corrected chi connectivity index (χ0v) is 19.5. The normalized spacial score (nSPS) is 12.7. The van der Waals surface area contributed by atoms with Crippen molar-refractivity contribution in [3.05, 3.63) is 63.3 Å². The average molecular weight is 500 g/mol. The van der Waals surface area contributed by atoms with Crippen LogP contribution < -0.4 is 10.1 Å². The summed E-state index contributed by atoms with van der Waals surface area (Å²) in [7, 11) is 0. The maximum Gasteiger partial charge on any atom is 0.261 e. The molecular formula is C22H25BrClFN2O3. The predicted octanol–water partition coefficient (Wildman–Crippen LogP) is 4.95. The van der Waals surface area contributed by atoms with Gasteiger partial charge in [0, 0.05) is 22.6 Å². The number of benzene rings is 2. The van der Waals surface area contributed by atoms with Gasteiger partial charge < -0.3 is 15.0 Å². The molecule has 0 saturated heterocycles. The molecule has 0 saturated carbocycles. The summed E-state index contributed by atoms with van der Waals surface area (Å²) >= 11 is 9.44. The van der Waals surface area contributed by atoms with Gasteiger partial charge in [-0.1, -0.05) is 52.7 Å². The standard InChI is InChI=1S/C22H25BrClFN2O3/c1-4-14(2)26-22(29)15(3)27(12-16-7-5-6-8-19(16)25)21(28)13-30-20-10-9-17(23)11-18(20)24/h5-11,14-15H,4,12-13H2,1-3H3,(H,26,29)/t14-,15-/m0/s1. The van der Waals surface area contributed by atoms with E-state index in [0.29, 0.717) is 16.3 Å². The summed E-state index contributed by atoms with van der Waals surface area (Å²) in [5.74, 6) is -0.864. The minimum Gasteiger partial charge on any atom is -0.482 e. The molecule has 2 aromatic carbocycles. The molecule has 8 heteroatoms. The van der Waals surface area contributed by atoms with Gasteiger partial charge in [0.1, 0.15) is 17.6 Å². The highest BCUT2D eigenvalue weighted by Crippen LogP contribution is 2.27. The molecule has 0 radical (unpaired) electrons. The number of hydrogen-bond acceptors (Lipinski definition) is 3. The van der Waals surface area contributed by atoms with Gasteiger partial charge >= 0.3 is 0 Å². The van der Waals surface area contributed by atoms with Gasteiger partial charge in [-0.3, -0.25) is 9.59 Å². The number of ether oxygens (including phenoxy) is 1. The van der Waals surface area contributed by atoms with Crippen molar-refractivity contribution in [1.82, 2.24) is 10.2 Å². The van der Waals surface area contributed by atoms with Crippen LogP contribution in [0, 0.1) is 5.82 Å². The van der Waals surface area contributed by atoms with E-state index in [-0.39, 0.29) is 25.1 Å². The van der Waals surface area contributed by atoms with Crippen molar-refractivity contribution < 1.29 is 18.7 Å². The van der Waals surface area contributed by atoms with Crippen LogP contribution in [0.1, 0.15) is 32.8 Å². The molecule has 1 N–H and O–H groups in total. The second-order valence-corrected chi connectivity index (χ2v) is 8.29. The monoisotopic (exact) mass is 498 g/mol. The lowest BCUT2D eigenvalue weighted by Gasteiger charge is -2.29. The van der Waals surface area contributed by atoms with Crippen LogP contribution in [0.5, 0.6) is 5.75 Å². The molecule has 0 aromatic heterocycles. The van der Waals surface area contributed by atoms with Gasteiger partial charge in [-0.05, 0) is 44.5 Å². The summed E-state index contributed by atoms with van der Waals surface area (Å²) in [5, 5.41) is 3.21. The number of rotatable bonds is 9. The van der Waals surface area contributed by atoms with Crippen LogP contribution in [-0.2, 0) is 16.1 Å². The second kappa shape index (κ2) is 11.3. The maximum atomic E-state index is 14.2. The summed E-state index contributed by atoms with van der Waals surface area (Å²) in [5.41, 5.74) is 0.315. The molecule has 2 aromatic rings. The van der Waals surface area contributed by atoms with Crippen molar-refractivity contribution in [2.75, 3.05) is 6.61 Å². The van der Waals surface area contributed by atoms with Crippen molar-refractivity contribution >= 4 is 39.3 Å². The molecule has 0 bridgehead atoms. The zero-order valence-electron chi connectivity index (χ0n) is 17.1. The molecule has 0 aliphatic rings. The lowest BCUT2D eigenvalue weighted by Crippen LogP contribution is -2.50. The largest absolute Gasteiger partial charge is 0.482 e. The Morgan fingerprint density at radius 1 is 1.23 bits per heavy atom. The fourth-order valence-corrected chi connectivity index (χ4v) is 3.40. The topological polar surface area (TPSA) is 58.6 Å². The van der Waals surface area contributed by atoms with Crippen LogP contribution >= 0.6 is 27.5 Å². The van der Waals surface area contributed by atoms with Gasteiger partial charge in [0.15, 0.2) is 6.61 Å². The minimum absolute atomic E-state index is 0.0387. The third-order valence-corrected chi connectivity index (χ3v) is 5.50. The van der Waals surface area contributed by atoms with Crippen LogP contribution in [0.3, 0.4) is 0 Å². The fraction of sp³-hybridized carbons (Fsp3) is 0.364. The summed E-state index contributed by atoms with van der Waals surface area (Å²) in [4.78, 5) is 26.9. The molecular weight excluding hydrogens is 475 g/mol. The van der Waals surface area contributed by atoms with Crippen molar-refractivity contribution in [3.63, 3.8) is 0 Å². The first-order valence-corrected chi connectivity index (χ1v) is 10.8. The van der Waals surface area contributed by atoms with E-state index < -0.39 is 17.8 Å². The second-order valence-electron chi connectivity index (χ2n) is 6.97. The van der Waals surface area contributed by atoms with Crippen molar-refractivity contribution in [2.24, 2.45) is 0 Å². The van der Waals surface area contributed by atoms with Crippen molar-refractivity contribution in [3.8, 4) is 5.75 Å². The lowest BCUT2D eigenvalue weighted by atomic mass is 10.1. The van der Waals surface area contributed by atoms with E-state index in [1.165, 1.54) is 11.0 Å². The maximum absolute atomic E-state index is 14.2. The van der Waals surface area contributed by atoms with E-state index in [9.17, 15) is 14.0 Å². The highest BCUT2D eigenvalue weighted by molar-refractivity contribution is 9.10. The minimum atomic E-state index is -0.810. The molecule has 0 heterocycles. The van der Waals surface area contributed by atoms with Gasteiger partial charge in [-0.15, -0.1) is 0 Å². The van der Waals surface area contributed by atoms with Gasteiger partial charge in [0.2, 0.25) is 5.91 Å². The number of halogens is 3. The SMILES string of the molecule is CC[C@H](C)NC(=O)[C@H](C)N(Cc1ccccc1F)C(=O)COc1ccc(Br)cc1Cl. The Bertz CT molecular complexity index is 896. The number of carbonyl (C=O) groups is 2. The van der Waals surface area contributed by atoms with Gasteiger partial charge in [-0.2, -0.15) is 0 Å². The van der Waals surface area contributed by atoms with Crippen LogP contribution in [0.15, 0.2) is 46.9 Å². The Kier molecular flexibility index (Phi) is 9.11. The quantitative estimate of drug-likeness (QED) is 0.531. The Morgan fingerprint density at radius 2 is 1.93 bits per heavy atom. The molecule has 2 amide bonds. The Balaban J connectivity index is 2.19. The Hall–Kier alpha value is -2.12.